The number of rotatable bonds is 4. The normalized spacial score (nSPS) is 10.8. The summed E-state index contributed by atoms with van der Waals surface area (Å²) in [6.07, 6.45) is 0. The number of hydrogen-bond acceptors (Lipinski definition) is 1. The third-order valence-corrected chi connectivity index (χ3v) is 4.69. The topological polar surface area (TPSA) is 20.2 Å². The second-order valence-electron chi connectivity index (χ2n) is 6.43. The summed E-state index contributed by atoms with van der Waals surface area (Å²) in [5.41, 5.74) is 6.07. The van der Waals surface area contributed by atoms with Gasteiger partial charge in [-0.2, -0.15) is 0 Å². The molecule has 0 unspecified atom stereocenters. The van der Waals surface area contributed by atoms with Crippen molar-refractivity contribution in [3.63, 3.8) is 0 Å². The quantitative estimate of drug-likeness (QED) is 0.437. The third kappa shape index (κ3) is 3.38. The van der Waals surface area contributed by atoms with Crippen LogP contribution < -0.4 is 0 Å². The van der Waals surface area contributed by atoms with Crippen LogP contribution in [0.15, 0.2) is 109 Å². The van der Waals surface area contributed by atoms with Gasteiger partial charge in [0.15, 0.2) is 0 Å². The van der Waals surface area contributed by atoms with Gasteiger partial charge in [0.2, 0.25) is 0 Å². The van der Waals surface area contributed by atoms with Gasteiger partial charge in [-0.25, -0.2) is 0 Å². The molecule has 0 aromatic heterocycles. The van der Waals surface area contributed by atoms with Crippen molar-refractivity contribution < 1.29 is 5.11 Å². The Kier molecular flexibility index (Phi) is 4.53. The van der Waals surface area contributed by atoms with Crippen LogP contribution in [0.4, 0.5) is 0 Å². The van der Waals surface area contributed by atoms with Crippen LogP contribution in [0.3, 0.4) is 0 Å². The van der Waals surface area contributed by atoms with Crippen LogP contribution in [0.1, 0.15) is 22.6 Å². The zero-order chi connectivity index (χ0) is 17.8. The summed E-state index contributed by atoms with van der Waals surface area (Å²) < 4.78 is 0. The molecule has 0 amide bonds. The molecular formula is C25H20O. The summed E-state index contributed by atoms with van der Waals surface area (Å²) >= 11 is 0. The highest BCUT2D eigenvalue weighted by Crippen LogP contribution is 2.34. The Morgan fingerprint density at radius 3 is 1.58 bits per heavy atom. The molecule has 0 radical (unpaired) electrons. The molecule has 4 rings (SSSR count). The first kappa shape index (κ1) is 16.2. The minimum absolute atomic E-state index is 0.189. The molecule has 0 saturated carbocycles. The van der Waals surface area contributed by atoms with E-state index >= 15 is 0 Å². The van der Waals surface area contributed by atoms with Gasteiger partial charge in [-0.3, -0.25) is 0 Å². The van der Waals surface area contributed by atoms with E-state index < -0.39 is 0 Å². The van der Waals surface area contributed by atoms with Gasteiger partial charge in [0.1, 0.15) is 5.75 Å². The van der Waals surface area contributed by atoms with Crippen LogP contribution in [0.2, 0.25) is 0 Å². The molecule has 4 aromatic rings. The Morgan fingerprint density at radius 2 is 1.00 bits per heavy atom. The zero-order valence-corrected chi connectivity index (χ0v) is 14.4. The second-order valence-corrected chi connectivity index (χ2v) is 6.43. The molecule has 0 bridgehead atoms. The van der Waals surface area contributed by atoms with Crippen molar-refractivity contribution in [2.75, 3.05) is 0 Å². The van der Waals surface area contributed by atoms with Crippen LogP contribution in [-0.2, 0) is 0 Å². The van der Waals surface area contributed by atoms with E-state index in [2.05, 4.69) is 84.9 Å². The minimum atomic E-state index is 0.189. The fraction of sp³-hybridized carbons (Fsp3) is 0.0400. The van der Waals surface area contributed by atoms with Gasteiger partial charge in [-0.05, 0) is 39.9 Å². The Balaban J connectivity index is 1.82. The molecule has 0 aliphatic heterocycles. The summed E-state index contributed by atoms with van der Waals surface area (Å²) in [7, 11) is 0. The van der Waals surface area contributed by atoms with E-state index in [-0.39, 0.29) is 11.7 Å². The molecule has 0 aliphatic rings. The van der Waals surface area contributed by atoms with Crippen molar-refractivity contribution in [1.82, 2.24) is 0 Å². The molecule has 1 nitrogen and oxygen atoms in total. The van der Waals surface area contributed by atoms with Crippen LogP contribution in [0.5, 0.6) is 5.75 Å². The molecule has 0 heterocycles. The molecule has 0 spiro atoms. The smallest absolute Gasteiger partial charge is 0.115 e. The fourth-order valence-electron chi connectivity index (χ4n) is 3.42. The first-order valence-corrected chi connectivity index (χ1v) is 8.80. The van der Waals surface area contributed by atoms with Crippen molar-refractivity contribution in [3.05, 3.63) is 126 Å². The number of hydrogen-bond donors (Lipinski definition) is 1. The van der Waals surface area contributed by atoms with Crippen LogP contribution in [0.25, 0.3) is 11.1 Å². The summed E-state index contributed by atoms with van der Waals surface area (Å²) in [6.45, 7) is 0. The lowest BCUT2D eigenvalue weighted by Gasteiger charge is -2.19. The van der Waals surface area contributed by atoms with Crippen molar-refractivity contribution in [2.24, 2.45) is 0 Å². The van der Waals surface area contributed by atoms with E-state index in [1.165, 1.54) is 16.7 Å². The van der Waals surface area contributed by atoms with Gasteiger partial charge >= 0.3 is 0 Å². The van der Waals surface area contributed by atoms with Crippen LogP contribution >= 0.6 is 0 Å². The highest BCUT2D eigenvalue weighted by Gasteiger charge is 2.16. The molecule has 0 aliphatic carbocycles. The Hall–Kier alpha value is -3.32. The van der Waals surface area contributed by atoms with Crippen molar-refractivity contribution >= 4 is 0 Å². The van der Waals surface area contributed by atoms with Gasteiger partial charge in [0, 0.05) is 5.92 Å². The summed E-state index contributed by atoms with van der Waals surface area (Å²) in [5, 5.41) is 9.54. The molecule has 126 valence electrons. The average Bonchev–Trinajstić information content (AvgIpc) is 2.71. The molecule has 0 atom stereocenters. The third-order valence-electron chi connectivity index (χ3n) is 4.69. The first-order valence-electron chi connectivity index (χ1n) is 8.80. The van der Waals surface area contributed by atoms with E-state index in [9.17, 15) is 5.11 Å². The Labute approximate surface area is 154 Å². The maximum atomic E-state index is 9.54. The van der Waals surface area contributed by atoms with Gasteiger partial charge in [-0.1, -0.05) is 97.1 Å². The largest absolute Gasteiger partial charge is 0.508 e. The van der Waals surface area contributed by atoms with Gasteiger partial charge in [-0.15, -0.1) is 0 Å². The molecule has 0 fully saturated rings. The van der Waals surface area contributed by atoms with E-state index in [0.29, 0.717) is 0 Å². The Bertz CT molecular complexity index is 934. The minimum Gasteiger partial charge on any atom is -0.508 e. The number of aromatic hydroxyl groups is 1. The van der Waals surface area contributed by atoms with Crippen LogP contribution in [-0.4, -0.2) is 5.11 Å². The number of phenols is 1. The van der Waals surface area contributed by atoms with Crippen LogP contribution in [0, 0.1) is 0 Å². The summed E-state index contributed by atoms with van der Waals surface area (Å²) in [4.78, 5) is 0. The highest BCUT2D eigenvalue weighted by atomic mass is 16.3. The molecule has 1 N–H and O–H groups in total. The van der Waals surface area contributed by atoms with E-state index in [1.54, 1.807) is 12.1 Å². The lowest BCUT2D eigenvalue weighted by Crippen LogP contribution is -2.03. The van der Waals surface area contributed by atoms with Crippen molar-refractivity contribution in [1.29, 1.82) is 0 Å². The zero-order valence-electron chi connectivity index (χ0n) is 14.4. The van der Waals surface area contributed by atoms with Crippen molar-refractivity contribution in [2.45, 2.75) is 5.92 Å². The second kappa shape index (κ2) is 7.28. The van der Waals surface area contributed by atoms with Gasteiger partial charge < -0.3 is 5.11 Å². The Morgan fingerprint density at radius 1 is 0.462 bits per heavy atom. The summed E-state index contributed by atoms with van der Waals surface area (Å²) in [6, 6.07) is 37.2. The molecular weight excluding hydrogens is 316 g/mol. The van der Waals surface area contributed by atoms with E-state index in [1.807, 2.05) is 12.1 Å². The number of phenolic OH excluding ortho intramolecular Hbond substituents is 1. The average molecular weight is 336 g/mol. The lowest BCUT2D eigenvalue weighted by atomic mass is 9.84. The summed E-state index contributed by atoms with van der Waals surface area (Å²) in [5.74, 6) is 0.478. The standard InChI is InChI=1S/C25H20O/c26-24-16-14-19(15-17-24)22-12-7-13-23(18-22)25(20-8-3-1-4-9-20)21-10-5-2-6-11-21/h1-18,25-26H. The fourth-order valence-corrected chi connectivity index (χ4v) is 3.42. The molecule has 26 heavy (non-hydrogen) atoms. The lowest BCUT2D eigenvalue weighted by molar-refractivity contribution is 0.475. The maximum absolute atomic E-state index is 9.54. The van der Waals surface area contributed by atoms with E-state index in [0.717, 1.165) is 11.1 Å². The first-order chi connectivity index (χ1) is 12.8. The maximum Gasteiger partial charge on any atom is 0.115 e. The monoisotopic (exact) mass is 336 g/mol. The SMILES string of the molecule is Oc1ccc(-c2cccc(C(c3ccccc3)c3ccccc3)c2)cc1. The predicted molar refractivity (Wildman–Crippen MR) is 107 cm³/mol. The van der Waals surface area contributed by atoms with Gasteiger partial charge in [0.25, 0.3) is 0 Å². The molecule has 4 aromatic carbocycles. The highest BCUT2D eigenvalue weighted by molar-refractivity contribution is 5.65. The van der Waals surface area contributed by atoms with Gasteiger partial charge in [0.05, 0.1) is 0 Å². The number of benzene rings is 4. The predicted octanol–water partition coefficient (Wildman–Crippen LogP) is 6.24. The van der Waals surface area contributed by atoms with E-state index in [4.69, 9.17) is 0 Å². The molecule has 0 saturated heterocycles. The molecule has 1 heteroatoms. The van der Waals surface area contributed by atoms with Crippen molar-refractivity contribution in [3.8, 4) is 16.9 Å².